The monoisotopic (exact) mass is 256 g/mol. The van der Waals surface area contributed by atoms with E-state index in [9.17, 15) is 9.90 Å². The summed E-state index contributed by atoms with van der Waals surface area (Å²) >= 11 is 1.48. The average molecular weight is 256 g/mol. The van der Waals surface area contributed by atoms with Gasteiger partial charge in [-0.25, -0.2) is 4.79 Å². The number of carbonyl (C=O) groups is 1. The lowest BCUT2D eigenvalue weighted by molar-refractivity contribution is 0.0600. The van der Waals surface area contributed by atoms with Gasteiger partial charge in [0.05, 0.1) is 13.1 Å². The number of hydrogen-bond acceptors (Lipinski definition) is 5. The number of nitrogens with zero attached hydrogens (tertiary/aromatic N) is 3. The van der Waals surface area contributed by atoms with Gasteiger partial charge in [-0.1, -0.05) is 32.1 Å². The summed E-state index contributed by atoms with van der Waals surface area (Å²) in [7, 11) is 0. The third-order valence-corrected chi connectivity index (χ3v) is 3.80. The molecule has 0 saturated carbocycles. The quantitative estimate of drug-likeness (QED) is 0.815. The van der Waals surface area contributed by atoms with E-state index in [-0.39, 0.29) is 18.0 Å². The second-order valence-corrected chi connectivity index (χ2v) is 6.11. The van der Waals surface area contributed by atoms with Crippen molar-refractivity contribution in [3.63, 3.8) is 0 Å². The van der Waals surface area contributed by atoms with E-state index < -0.39 is 6.23 Å². The first-order chi connectivity index (χ1) is 7.88. The number of aliphatic hydroxyl groups is 1. The van der Waals surface area contributed by atoms with E-state index in [4.69, 9.17) is 0 Å². The minimum Gasteiger partial charge on any atom is -0.372 e. The van der Waals surface area contributed by atoms with Crippen molar-refractivity contribution in [3.05, 3.63) is 10.0 Å². The highest BCUT2D eigenvalue weighted by molar-refractivity contribution is 7.11. The number of urea groups is 1. The summed E-state index contributed by atoms with van der Waals surface area (Å²) in [5.41, 5.74) is -0.0399. The topological polar surface area (TPSA) is 78.4 Å². The molecule has 1 aliphatic heterocycles. The maximum atomic E-state index is 11.4. The molecule has 2 N–H and O–H groups in total. The Morgan fingerprint density at radius 2 is 2.24 bits per heavy atom. The molecule has 2 heterocycles. The minimum atomic E-state index is -0.774. The van der Waals surface area contributed by atoms with Crippen LogP contribution in [0.4, 0.5) is 4.79 Å². The Morgan fingerprint density at radius 1 is 1.53 bits per heavy atom. The van der Waals surface area contributed by atoms with Crippen LogP contribution < -0.4 is 5.32 Å². The molecule has 1 unspecified atom stereocenters. The van der Waals surface area contributed by atoms with Gasteiger partial charge in [0.1, 0.15) is 16.2 Å². The second-order valence-electron chi connectivity index (χ2n) is 5.05. The Labute approximate surface area is 104 Å². The zero-order valence-corrected chi connectivity index (χ0v) is 10.9. The van der Waals surface area contributed by atoms with E-state index >= 15 is 0 Å². The van der Waals surface area contributed by atoms with Crippen molar-refractivity contribution in [1.29, 1.82) is 0 Å². The molecule has 0 spiro atoms. The smallest absolute Gasteiger partial charge is 0.320 e. The van der Waals surface area contributed by atoms with Gasteiger partial charge >= 0.3 is 6.03 Å². The van der Waals surface area contributed by atoms with Crippen molar-refractivity contribution in [2.24, 2.45) is 0 Å². The molecule has 1 aliphatic rings. The van der Waals surface area contributed by atoms with Crippen molar-refractivity contribution >= 4 is 17.4 Å². The summed E-state index contributed by atoms with van der Waals surface area (Å²) in [6.45, 7) is 6.77. The molecular weight excluding hydrogens is 240 g/mol. The number of β-amino-alcohol motifs (C(OH)–C–C–N with tert-alkyl or cyclic N) is 1. The van der Waals surface area contributed by atoms with Gasteiger partial charge in [0.15, 0.2) is 0 Å². The lowest BCUT2D eigenvalue weighted by Crippen LogP contribution is -2.33. The highest BCUT2D eigenvalue weighted by Crippen LogP contribution is 2.26. The fourth-order valence-corrected chi connectivity index (χ4v) is 2.37. The van der Waals surface area contributed by atoms with Crippen LogP contribution >= 0.6 is 11.3 Å². The SMILES string of the molecule is CC(C)(C)c1nnc(CN2C(=O)NCC2O)s1. The summed E-state index contributed by atoms with van der Waals surface area (Å²) in [5, 5.41) is 22.0. The highest BCUT2D eigenvalue weighted by Gasteiger charge is 2.30. The molecule has 2 amide bonds. The van der Waals surface area contributed by atoms with Gasteiger partial charge in [0.25, 0.3) is 0 Å². The number of carbonyl (C=O) groups excluding carboxylic acids is 1. The van der Waals surface area contributed by atoms with Gasteiger partial charge in [0.2, 0.25) is 0 Å². The number of aliphatic hydroxyl groups excluding tert-OH is 1. The van der Waals surface area contributed by atoms with Crippen molar-refractivity contribution in [3.8, 4) is 0 Å². The maximum Gasteiger partial charge on any atom is 0.320 e. The summed E-state index contributed by atoms with van der Waals surface area (Å²) in [6, 6.07) is -0.259. The molecule has 6 nitrogen and oxygen atoms in total. The van der Waals surface area contributed by atoms with Crippen LogP contribution in [-0.4, -0.2) is 39.0 Å². The molecule has 17 heavy (non-hydrogen) atoms. The van der Waals surface area contributed by atoms with Crippen LogP contribution in [0.2, 0.25) is 0 Å². The Kier molecular flexibility index (Phi) is 3.05. The predicted octanol–water partition coefficient (Wildman–Crippen LogP) is 0.679. The standard InChI is InChI=1S/C10H16N4O2S/c1-10(2,3)8-13-12-6(17-8)5-14-7(15)4-11-9(14)16/h7,15H,4-5H2,1-3H3,(H,11,16). The third kappa shape index (κ3) is 2.55. The molecule has 2 rings (SSSR count). The summed E-state index contributed by atoms with van der Waals surface area (Å²) in [6.07, 6.45) is -0.774. The summed E-state index contributed by atoms with van der Waals surface area (Å²) in [4.78, 5) is 12.8. The first kappa shape index (κ1) is 12.3. The number of amides is 2. The van der Waals surface area contributed by atoms with Gasteiger partial charge < -0.3 is 10.4 Å². The molecule has 7 heteroatoms. The fraction of sp³-hybridized carbons (Fsp3) is 0.700. The lowest BCUT2D eigenvalue weighted by atomic mass is 9.98. The Bertz CT molecular complexity index is 426. The van der Waals surface area contributed by atoms with Crippen molar-refractivity contribution in [2.45, 2.75) is 39.0 Å². The first-order valence-corrected chi connectivity index (χ1v) is 6.25. The molecule has 0 aromatic carbocycles. The first-order valence-electron chi connectivity index (χ1n) is 5.43. The van der Waals surface area contributed by atoms with Gasteiger partial charge in [-0.2, -0.15) is 0 Å². The van der Waals surface area contributed by atoms with Crippen molar-refractivity contribution < 1.29 is 9.90 Å². The lowest BCUT2D eigenvalue weighted by Gasteiger charge is -2.16. The largest absolute Gasteiger partial charge is 0.372 e. The van der Waals surface area contributed by atoms with Crippen LogP contribution in [0.5, 0.6) is 0 Å². The molecular formula is C10H16N4O2S. The van der Waals surface area contributed by atoms with Gasteiger partial charge in [-0.05, 0) is 0 Å². The van der Waals surface area contributed by atoms with E-state index in [0.717, 1.165) is 10.0 Å². The van der Waals surface area contributed by atoms with Crippen LogP contribution in [0.15, 0.2) is 0 Å². The summed E-state index contributed by atoms with van der Waals surface area (Å²) in [5.74, 6) is 0. The van der Waals surface area contributed by atoms with Crippen molar-refractivity contribution in [1.82, 2.24) is 20.4 Å². The molecule has 0 radical (unpaired) electrons. The fourth-order valence-electron chi connectivity index (χ4n) is 1.47. The Balaban J connectivity index is 2.09. The normalized spacial score (nSPS) is 20.8. The number of hydrogen-bond donors (Lipinski definition) is 2. The van der Waals surface area contributed by atoms with Crippen LogP contribution in [0.1, 0.15) is 30.8 Å². The van der Waals surface area contributed by atoms with Crippen LogP contribution in [0, 0.1) is 0 Å². The van der Waals surface area contributed by atoms with Gasteiger partial charge in [-0.15, -0.1) is 10.2 Å². The number of nitrogens with one attached hydrogen (secondary N) is 1. The van der Waals surface area contributed by atoms with E-state index in [2.05, 4.69) is 36.3 Å². The Hall–Kier alpha value is -1.21. The molecule has 1 atom stereocenters. The molecule has 0 aliphatic carbocycles. The van der Waals surface area contributed by atoms with Crippen LogP contribution in [0.3, 0.4) is 0 Å². The zero-order valence-electron chi connectivity index (χ0n) is 10.1. The van der Waals surface area contributed by atoms with E-state index in [1.54, 1.807) is 0 Å². The van der Waals surface area contributed by atoms with E-state index in [1.165, 1.54) is 16.2 Å². The number of aromatic nitrogens is 2. The highest BCUT2D eigenvalue weighted by atomic mass is 32.1. The molecule has 94 valence electrons. The zero-order chi connectivity index (χ0) is 12.6. The molecule has 1 aromatic rings. The molecule has 1 saturated heterocycles. The van der Waals surface area contributed by atoms with Gasteiger partial charge in [-0.3, -0.25) is 4.90 Å². The minimum absolute atomic E-state index is 0.0399. The summed E-state index contributed by atoms with van der Waals surface area (Å²) < 4.78 is 0. The second kappa shape index (κ2) is 4.23. The maximum absolute atomic E-state index is 11.4. The predicted molar refractivity (Wildman–Crippen MR) is 63.6 cm³/mol. The van der Waals surface area contributed by atoms with Crippen molar-refractivity contribution in [2.75, 3.05) is 6.54 Å². The molecule has 1 aromatic heterocycles. The molecule has 1 fully saturated rings. The van der Waals surface area contributed by atoms with Crippen LogP contribution in [0.25, 0.3) is 0 Å². The molecule has 0 bridgehead atoms. The number of rotatable bonds is 2. The van der Waals surface area contributed by atoms with E-state index in [0.29, 0.717) is 6.54 Å². The van der Waals surface area contributed by atoms with Crippen LogP contribution in [-0.2, 0) is 12.0 Å². The van der Waals surface area contributed by atoms with E-state index in [1.807, 2.05) is 0 Å². The third-order valence-electron chi connectivity index (χ3n) is 2.47. The van der Waals surface area contributed by atoms with Gasteiger partial charge in [0, 0.05) is 5.41 Å². The average Bonchev–Trinajstić information content (AvgIpc) is 2.79. The Morgan fingerprint density at radius 3 is 2.71 bits per heavy atom.